The Kier molecular flexibility index (Phi) is 6.73. The van der Waals surface area contributed by atoms with Crippen molar-refractivity contribution in [1.29, 1.82) is 5.26 Å². The van der Waals surface area contributed by atoms with E-state index in [1.807, 2.05) is 25.1 Å². The summed E-state index contributed by atoms with van der Waals surface area (Å²) >= 11 is 0. The minimum Gasteiger partial charge on any atom is -0.480 e. The zero-order valence-electron chi connectivity index (χ0n) is 22.2. The number of rotatable bonds is 9. The van der Waals surface area contributed by atoms with Gasteiger partial charge in [-0.3, -0.25) is 9.59 Å². The highest BCUT2D eigenvalue weighted by molar-refractivity contribution is 5.94. The average molecular weight is 526 g/mol. The van der Waals surface area contributed by atoms with Gasteiger partial charge in [-0.2, -0.15) is 5.26 Å². The Hall–Kier alpha value is -4.09. The summed E-state index contributed by atoms with van der Waals surface area (Å²) in [5.41, 5.74) is 15.6. The van der Waals surface area contributed by atoms with E-state index in [0.717, 1.165) is 35.2 Å². The summed E-state index contributed by atoms with van der Waals surface area (Å²) < 4.78 is 0. The number of benzene rings is 2. The molecule has 0 bridgehead atoms. The normalized spacial score (nSPS) is 25.3. The molecule has 0 spiro atoms. The van der Waals surface area contributed by atoms with Crippen molar-refractivity contribution >= 4 is 17.6 Å². The van der Waals surface area contributed by atoms with E-state index in [-0.39, 0.29) is 18.5 Å². The fourth-order valence-electron chi connectivity index (χ4n) is 6.68. The van der Waals surface area contributed by atoms with Crippen molar-refractivity contribution in [3.8, 4) is 6.07 Å². The molecule has 8 heteroatoms. The van der Waals surface area contributed by atoms with Gasteiger partial charge in [0.25, 0.3) is 0 Å². The van der Waals surface area contributed by atoms with Crippen LogP contribution in [0.4, 0.5) is 0 Å². The Balaban J connectivity index is 1.50. The molecule has 2 fully saturated rings. The van der Waals surface area contributed by atoms with Gasteiger partial charge in [0, 0.05) is 35.6 Å². The summed E-state index contributed by atoms with van der Waals surface area (Å²) in [5.74, 6) is -0.931. The average Bonchev–Trinajstić information content (AvgIpc) is 3.60. The highest BCUT2D eigenvalue weighted by atomic mass is 16.4. The maximum Gasteiger partial charge on any atom is 0.318 e. The fraction of sp³-hybridized carbons (Fsp3) is 0.387. The quantitative estimate of drug-likeness (QED) is 0.394. The molecule has 1 saturated carbocycles. The van der Waals surface area contributed by atoms with Crippen molar-refractivity contribution in [3.05, 3.63) is 88.6 Å². The van der Waals surface area contributed by atoms with E-state index in [1.54, 1.807) is 18.2 Å². The van der Waals surface area contributed by atoms with Gasteiger partial charge in [0.15, 0.2) is 0 Å². The molecular formula is C31H35N5O3. The summed E-state index contributed by atoms with van der Waals surface area (Å²) in [4.78, 5) is 27.5. The molecule has 5 atom stereocenters. The Morgan fingerprint density at radius 1 is 1.13 bits per heavy atom. The maximum absolute atomic E-state index is 13.4. The molecule has 8 nitrogen and oxygen atoms in total. The monoisotopic (exact) mass is 525 g/mol. The van der Waals surface area contributed by atoms with Gasteiger partial charge in [-0.15, -0.1) is 0 Å². The molecule has 5 rings (SSSR count). The number of piperidine rings is 1. The summed E-state index contributed by atoms with van der Waals surface area (Å²) in [6.45, 7) is 10.5. The highest BCUT2D eigenvalue weighted by Gasteiger charge is 2.52. The van der Waals surface area contributed by atoms with Gasteiger partial charge in [-0.1, -0.05) is 31.4 Å². The van der Waals surface area contributed by atoms with Crippen LogP contribution in [-0.4, -0.2) is 46.6 Å². The van der Waals surface area contributed by atoms with E-state index in [2.05, 4.69) is 29.4 Å². The predicted molar refractivity (Wildman–Crippen MR) is 149 cm³/mol. The minimum absolute atomic E-state index is 0.143. The van der Waals surface area contributed by atoms with Crippen LogP contribution < -0.4 is 16.8 Å². The van der Waals surface area contributed by atoms with Gasteiger partial charge in [-0.25, -0.2) is 0 Å². The first-order valence-electron chi connectivity index (χ1n) is 13.4. The summed E-state index contributed by atoms with van der Waals surface area (Å²) in [7, 11) is 0. The molecule has 1 aliphatic heterocycles. The molecule has 0 radical (unpaired) electrons. The van der Waals surface area contributed by atoms with Crippen LogP contribution >= 0.6 is 0 Å². The second kappa shape index (κ2) is 9.90. The number of nitrogens with zero attached hydrogens (tertiary/aromatic N) is 2. The number of nitrogens with two attached hydrogens (primary N) is 2. The molecule has 39 heavy (non-hydrogen) atoms. The van der Waals surface area contributed by atoms with Gasteiger partial charge in [0.05, 0.1) is 6.07 Å². The van der Waals surface area contributed by atoms with Crippen molar-refractivity contribution < 1.29 is 14.7 Å². The topological polar surface area (TPSA) is 145 Å². The second-order valence-corrected chi connectivity index (χ2v) is 11.2. The zero-order valence-corrected chi connectivity index (χ0v) is 22.2. The van der Waals surface area contributed by atoms with E-state index in [0.29, 0.717) is 53.7 Å². The number of carbonyl (C=O) groups is 2. The van der Waals surface area contributed by atoms with Gasteiger partial charge < -0.3 is 26.8 Å². The van der Waals surface area contributed by atoms with Gasteiger partial charge in [-0.05, 0) is 91.0 Å². The van der Waals surface area contributed by atoms with E-state index < -0.39 is 17.3 Å². The third kappa shape index (κ3) is 4.57. The van der Waals surface area contributed by atoms with E-state index in [1.165, 1.54) is 0 Å². The van der Waals surface area contributed by atoms with Crippen molar-refractivity contribution in [1.82, 2.24) is 10.2 Å². The lowest BCUT2D eigenvalue weighted by Crippen LogP contribution is -2.45. The number of nitrogens with one attached hydrogen (secondary N) is 1. The van der Waals surface area contributed by atoms with Gasteiger partial charge >= 0.3 is 5.97 Å². The number of aryl methyl sites for hydroxylation is 2. The standard InChI is InChI=1S/C31H35N5O3/c1-17(35-16-18(2)36-25(15-32)12-24-13-28(24)36)14-31(30(38)39)26-8-6-20(19(3)33)10-21(26)4-5-22-11-23(29(34)37)7-9-27(22)31/h6-11,17,24-25,28,35H,2-5,12-14,16,33H2,1H3,(H2,34,37)(H,38,39)/t17-,24-,25?,28?,31?/m1/s1. The largest absolute Gasteiger partial charge is 0.480 e. The van der Waals surface area contributed by atoms with Crippen LogP contribution in [0.5, 0.6) is 0 Å². The first-order chi connectivity index (χ1) is 18.6. The third-order valence-electron chi connectivity index (χ3n) is 8.70. The molecular weight excluding hydrogens is 490 g/mol. The Morgan fingerprint density at radius 3 is 2.31 bits per heavy atom. The molecule has 0 aromatic heterocycles. The van der Waals surface area contributed by atoms with Crippen molar-refractivity contribution in [2.24, 2.45) is 17.4 Å². The van der Waals surface area contributed by atoms with Crippen LogP contribution in [0.2, 0.25) is 0 Å². The first kappa shape index (κ1) is 26.5. The molecule has 6 N–H and O–H groups in total. The number of hydrogen-bond acceptors (Lipinski definition) is 6. The Bertz CT molecular complexity index is 1360. The second-order valence-electron chi connectivity index (χ2n) is 11.2. The van der Waals surface area contributed by atoms with E-state index in [4.69, 9.17) is 11.5 Å². The molecule has 3 unspecified atom stereocenters. The number of aliphatic carboxylic acids is 1. The molecule has 2 aromatic rings. The number of amides is 1. The smallest absolute Gasteiger partial charge is 0.318 e. The number of hydrogen-bond donors (Lipinski definition) is 4. The highest BCUT2D eigenvalue weighted by Crippen LogP contribution is 2.49. The lowest BCUT2D eigenvalue weighted by Gasteiger charge is -2.36. The van der Waals surface area contributed by atoms with Crippen molar-refractivity contribution in [3.63, 3.8) is 0 Å². The zero-order chi connectivity index (χ0) is 28.1. The van der Waals surface area contributed by atoms with Gasteiger partial charge in [0.2, 0.25) is 5.91 Å². The number of primary amides is 1. The van der Waals surface area contributed by atoms with Crippen LogP contribution in [0.1, 0.15) is 64.4 Å². The Labute approximate surface area is 229 Å². The number of carboxylic acid groups (broad SMARTS) is 1. The molecule has 2 aromatic carbocycles. The lowest BCUT2D eigenvalue weighted by atomic mass is 9.68. The number of carboxylic acids is 1. The number of carbonyl (C=O) groups excluding carboxylic acids is 1. The molecule has 1 heterocycles. The Morgan fingerprint density at radius 2 is 1.74 bits per heavy atom. The molecule has 1 amide bonds. The van der Waals surface area contributed by atoms with Crippen molar-refractivity contribution in [2.45, 2.75) is 62.6 Å². The maximum atomic E-state index is 13.4. The summed E-state index contributed by atoms with van der Waals surface area (Å²) in [5, 5.41) is 24.0. The summed E-state index contributed by atoms with van der Waals surface area (Å²) in [6.07, 6.45) is 3.40. The predicted octanol–water partition coefficient (Wildman–Crippen LogP) is 3.05. The van der Waals surface area contributed by atoms with E-state index >= 15 is 0 Å². The van der Waals surface area contributed by atoms with Gasteiger partial charge in [0.1, 0.15) is 11.5 Å². The molecule has 2 aliphatic carbocycles. The molecule has 1 saturated heterocycles. The lowest BCUT2D eigenvalue weighted by molar-refractivity contribution is -0.142. The third-order valence-corrected chi connectivity index (χ3v) is 8.70. The number of likely N-dealkylation sites (tertiary alicyclic amines) is 1. The van der Waals surface area contributed by atoms with Crippen molar-refractivity contribution in [2.75, 3.05) is 6.54 Å². The fourth-order valence-corrected chi connectivity index (χ4v) is 6.68. The first-order valence-corrected chi connectivity index (χ1v) is 13.4. The molecule has 3 aliphatic rings. The number of fused-ring (bicyclic) bond motifs is 3. The van der Waals surface area contributed by atoms with Crippen LogP contribution in [0.3, 0.4) is 0 Å². The SMILES string of the molecule is C=C(N)c1ccc2c(c1)CCc1cc(C(N)=O)ccc1C2(C[C@@H](C)NCC(=C)N1C(C#N)C[C@@H]2CC21)C(=O)O. The van der Waals surface area contributed by atoms with Crippen LogP contribution in [-0.2, 0) is 23.1 Å². The van der Waals surface area contributed by atoms with Crippen LogP contribution in [0, 0.1) is 17.2 Å². The molecule has 202 valence electrons. The van der Waals surface area contributed by atoms with Crippen LogP contribution in [0.25, 0.3) is 5.70 Å². The van der Waals surface area contributed by atoms with E-state index in [9.17, 15) is 20.0 Å². The summed E-state index contributed by atoms with van der Waals surface area (Å²) in [6, 6.07) is 13.1. The number of nitriles is 1. The minimum atomic E-state index is -1.37. The van der Waals surface area contributed by atoms with Crippen LogP contribution in [0.15, 0.2) is 55.3 Å².